The van der Waals surface area contributed by atoms with Gasteiger partial charge >= 0.3 is 24.0 Å². The highest BCUT2D eigenvalue weighted by atomic mass is 19.4. The summed E-state index contributed by atoms with van der Waals surface area (Å²) < 4.78 is 75.1. The van der Waals surface area contributed by atoms with E-state index >= 15 is 0 Å². The van der Waals surface area contributed by atoms with E-state index in [1.165, 1.54) is 0 Å². The van der Waals surface area contributed by atoms with Gasteiger partial charge < -0.3 is 9.84 Å². The van der Waals surface area contributed by atoms with Crippen LogP contribution >= 0.6 is 0 Å². The quantitative estimate of drug-likeness (QED) is 0.466. The number of esters is 1. The lowest BCUT2D eigenvalue weighted by Crippen LogP contribution is -2.38. The number of halogens is 6. The number of ether oxygens (including phenoxy) is 1. The molecule has 0 aromatic rings. The molecule has 10 heteroatoms. The predicted molar refractivity (Wildman–Crippen MR) is 39.1 cm³/mol. The second kappa shape index (κ2) is 5.23. The molecule has 1 atom stereocenters. The summed E-state index contributed by atoms with van der Waals surface area (Å²) in [5.41, 5.74) is 0. The Morgan fingerprint density at radius 3 is 2.00 bits per heavy atom. The summed E-state index contributed by atoms with van der Waals surface area (Å²) >= 11 is 0. The molecule has 0 aromatic carbocycles. The summed E-state index contributed by atoms with van der Waals surface area (Å²) in [6.07, 6.45) is -10.8. The molecule has 4 nitrogen and oxygen atoms in total. The zero-order valence-electron chi connectivity index (χ0n) is 7.93. The van der Waals surface area contributed by atoms with Gasteiger partial charge in [-0.1, -0.05) is 0 Å². The van der Waals surface area contributed by atoms with Gasteiger partial charge in [-0.15, -0.1) is 0 Å². The Morgan fingerprint density at radius 2 is 1.65 bits per heavy atom. The first-order valence-corrected chi connectivity index (χ1v) is 3.97. The second-order valence-corrected chi connectivity index (χ2v) is 2.82. The highest BCUT2D eigenvalue weighted by Crippen LogP contribution is 2.37. The van der Waals surface area contributed by atoms with E-state index in [1.807, 2.05) is 0 Å². The average molecular weight is 268 g/mol. The summed E-state index contributed by atoms with van der Waals surface area (Å²) in [4.78, 5) is 20.3. The van der Waals surface area contributed by atoms with E-state index in [4.69, 9.17) is 5.11 Å². The van der Waals surface area contributed by atoms with Crippen LogP contribution in [-0.2, 0) is 14.3 Å². The molecule has 0 aliphatic carbocycles. The molecule has 100 valence electrons. The smallest absolute Gasteiger partial charge is 0.453 e. The van der Waals surface area contributed by atoms with Crippen LogP contribution in [0.5, 0.6) is 0 Å². The first kappa shape index (κ1) is 15.5. The van der Waals surface area contributed by atoms with Gasteiger partial charge in [-0.05, 0) is 0 Å². The van der Waals surface area contributed by atoms with Crippen LogP contribution < -0.4 is 0 Å². The molecule has 1 unspecified atom stereocenters. The number of carboxylic acid groups (broad SMARTS) is 1. The molecule has 17 heavy (non-hydrogen) atoms. The number of hydrogen-bond acceptors (Lipinski definition) is 3. The summed E-state index contributed by atoms with van der Waals surface area (Å²) in [6.45, 7) is -1.45. The van der Waals surface area contributed by atoms with Crippen molar-refractivity contribution in [2.24, 2.45) is 0 Å². The molecule has 0 aliphatic heterocycles. The molecule has 0 aromatic heterocycles. The maximum atomic E-state index is 12.3. The third-order valence-electron chi connectivity index (χ3n) is 1.50. The zero-order valence-corrected chi connectivity index (χ0v) is 7.93. The van der Waals surface area contributed by atoms with Gasteiger partial charge in [0.1, 0.15) is 0 Å². The summed E-state index contributed by atoms with van der Waals surface area (Å²) in [5.74, 6) is -9.35. The van der Waals surface area contributed by atoms with Crippen LogP contribution in [-0.4, -0.2) is 41.9 Å². The van der Waals surface area contributed by atoms with Crippen LogP contribution in [0.3, 0.4) is 0 Å². The normalized spacial score (nSPS) is 14.2. The lowest BCUT2D eigenvalue weighted by atomic mass is 10.2. The van der Waals surface area contributed by atoms with Crippen molar-refractivity contribution in [1.29, 1.82) is 0 Å². The number of carboxylic acids is 1. The third kappa shape index (κ3) is 4.49. The fourth-order valence-corrected chi connectivity index (χ4v) is 0.596. The van der Waals surface area contributed by atoms with Crippen LogP contribution in [0, 0.1) is 0 Å². The molecule has 0 aliphatic rings. The molecule has 0 bridgehead atoms. The SMILES string of the molecule is O=C(O)C(F)C(=O)OCCC(F)(F)C(F)(F)F. The number of aliphatic carboxylic acids is 1. The van der Waals surface area contributed by atoms with Crippen molar-refractivity contribution in [2.75, 3.05) is 6.61 Å². The van der Waals surface area contributed by atoms with Crippen molar-refractivity contribution in [3.05, 3.63) is 0 Å². The number of hydrogen-bond donors (Lipinski definition) is 1. The van der Waals surface area contributed by atoms with Gasteiger partial charge in [-0.2, -0.15) is 22.0 Å². The molecular formula is C7H6F6O4. The lowest BCUT2D eigenvalue weighted by molar-refractivity contribution is -0.286. The fraction of sp³-hybridized carbons (Fsp3) is 0.714. The fourth-order valence-electron chi connectivity index (χ4n) is 0.596. The minimum absolute atomic E-state index is 1.45. The van der Waals surface area contributed by atoms with Gasteiger partial charge in [-0.25, -0.2) is 14.0 Å². The van der Waals surface area contributed by atoms with Gasteiger partial charge in [0, 0.05) is 0 Å². The van der Waals surface area contributed by atoms with Gasteiger partial charge in [0.05, 0.1) is 13.0 Å². The Labute approximate surface area is 90.2 Å². The Hall–Kier alpha value is -1.48. The number of carbonyl (C=O) groups excluding carboxylic acids is 1. The zero-order chi connectivity index (χ0) is 13.9. The van der Waals surface area contributed by atoms with E-state index < -0.39 is 43.2 Å². The van der Waals surface area contributed by atoms with Gasteiger partial charge in [0.2, 0.25) is 0 Å². The van der Waals surface area contributed by atoms with Gasteiger partial charge in [-0.3, -0.25) is 0 Å². The molecule has 0 amide bonds. The van der Waals surface area contributed by atoms with Crippen LogP contribution in [0.2, 0.25) is 0 Å². The predicted octanol–water partition coefficient (Wildman–Crippen LogP) is 1.54. The van der Waals surface area contributed by atoms with E-state index in [0.717, 1.165) is 0 Å². The molecule has 0 spiro atoms. The number of carbonyl (C=O) groups is 2. The number of rotatable bonds is 5. The summed E-state index contributed by atoms with van der Waals surface area (Å²) in [5, 5.41) is 7.94. The molecule has 0 rings (SSSR count). The van der Waals surface area contributed by atoms with Gasteiger partial charge in [0.15, 0.2) is 0 Å². The minimum atomic E-state index is -5.82. The van der Waals surface area contributed by atoms with E-state index in [9.17, 15) is 35.9 Å². The van der Waals surface area contributed by atoms with E-state index in [0.29, 0.717) is 0 Å². The largest absolute Gasteiger partial charge is 0.479 e. The standard InChI is InChI=1S/C7H6F6O4/c8-3(4(14)15)5(16)17-2-1-6(9,10)7(11,12)13/h3H,1-2H2,(H,14,15). The Bertz CT molecular complexity index is 299. The van der Waals surface area contributed by atoms with Crippen molar-refractivity contribution < 1.29 is 45.8 Å². The average Bonchev–Trinajstić information content (AvgIpc) is 2.14. The maximum absolute atomic E-state index is 12.3. The lowest BCUT2D eigenvalue weighted by Gasteiger charge is -2.19. The van der Waals surface area contributed by atoms with Crippen molar-refractivity contribution in [3.8, 4) is 0 Å². The van der Waals surface area contributed by atoms with Crippen LogP contribution in [0.4, 0.5) is 26.3 Å². The summed E-state index contributed by atoms with van der Waals surface area (Å²) in [6, 6.07) is 0. The minimum Gasteiger partial charge on any atom is -0.479 e. The van der Waals surface area contributed by atoms with E-state index in [-0.39, 0.29) is 0 Å². The monoisotopic (exact) mass is 268 g/mol. The molecule has 1 N–H and O–H groups in total. The third-order valence-corrected chi connectivity index (χ3v) is 1.50. The number of alkyl halides is 6. The van der Waals surface area contributed by atoms with Gasteiger partial charge in [0.25, 0.3) is 6.17 Å². The molecule has 0 heterocycles. The maximum Gasteiger partial charge on any atom is 0.453 e. The van der Waals surface area contributed by atoms with Crippen LogP contribution in [0.25, 0.3) is 0 Å². The van der Waals surface area contributed by atoms with Crippen LogP contribution in [0.1, 0.15) is 6.42 Å². The Kier molecular flexibility index (Phi) is 4.78. The first-order chi connectivity index (χ1) is 7.49. The van der Waals surface area contributed by atoms with E-state index in [1.54, 1.807) is 0 Å². The topological polar surface area (TPSA) is 63.6 Å². The first-order valence-electron chi connectivity index (χ1n) is 3.97. The Balaban J connectivity index is 4.17. The molecule has 0 fully saturated rings. The van der Waals surface area contributed by atoms with E-state index in [2.05, 4.69) is 4.74 Å². The highest BCUT2D eigenvalue weighted by molar-refractivity contribution is 5.96. The highest BCUT2D eigenvalue weighted by Gasteiger charge is 2.57. The molecule has 0 radical (unpaired) electrons. The van der Waals surface area contributed by atoms with Crippen LogP contribution in [0.15, 0.2) is 0 Å². The van der Waals surface area contributed by atoms with Crippen molar-refractivity contribution in [1.82, 2.24) is 0 Å². The Morgan fingerprint density at radius 1 is 1.18 bits per heavy atom. The van der Waals surface area contributed by atoms with Crippen molar-refractivity contribution >= 4 is 11.9 Å². The van der Waals surface area contributed by atoms with Crippen molar-refractivity contribution in [3.63, 3.8) is 0 Å². The molecular weight excluding hydrogens is 262 g/mol. The molecule has 0 saturated carbocycles. The van der Waals surface area contributed by atoms with Crippen molar-refractivity contribution in [2.45, 2.75) is 24.7 Å². The molecule has 0 saturated heterocycles. The summed E-state index contributed by atoms with van der Waals surface area (Å²) in [7, 11) is 0. The second-order valence-electron chi connectivity index (χ2n) is 2.82.